The van der Waals surface area contributed by atoms with Crippen LogP contribution in [0.3, 0.4) is 0 Å². The van der Waals surface area contributed by atoms with Crippen LogP contribution in [0.25, 0.3) is 10.9 Å². The van der Waals surface area contributed by atoms with Crippen molar-refractivity contribution >= 4 is 16.8 Å². The molecule has 6 heteroatoms. The highest BCUT2D eigenvalue weighted by atomic mass is 16.2. The molecule has 1 atom stereocenters. The number of amides is 1. The Morgan fingerprint density at radius 3 is 2.64 bits per heavy atom. The van der Waals surface area contributed by atoms with Gasteiger partial charge in [-0.1, -0.05) is 41.6 Å². The van der Waals surface area contributed by atoms with E-state index in [-0.39, 0.29) is 11.5 Å². The Morgan fingerprint density at radius 1 is 1.08 bits per heavy atom. The lowest BCUT2D eigenvalue weighted by Crippen LogP contribution is -2.42. The summed E-state index contributed by atoms with van der Waals surface area (Å²) in [7, 11) is 0. The third kappa shape index (κ3) is 2.69. The second-order valence-corrected chi connectivity index (χ2v) is 6.31. The zero-order valence-corrected chi connectivity index (χ0v) is 13.9. The van der Waals surface area contributed by atoms with Gasteiger partial charge in [-0.05, 0) is 36.6 Å². The van der Waals surface area contributed by atoms with Crippen LogP contribution in [0.2, 0.25) is 0 Å². The van der Waals surface area contributed by atoms with Crippen molar-refractivity contribution in [3.8, 4) is 0 Å². The molecule has 6 nitrogen and oxygen atoms in total. The van der Waals surface area contributed by atoms with Gasteiger partial charge in [-0.3, -0.25) is 9.59 Å². The van der Waals surface area contributed by atoms with Crippen molar-refractivity contribution in [3.63, 3.8) is 0 Å². The Morgan fingerprint density at radius 2 is 1.80 bits per heavy atom. The molecule has 1 unspecified atom stereocenters. The maximum Gasteiger partial charge on any atom is 0.278 e. The van der Waals surface area contributed by atoms with Crippen molar-refractivity contribution in [2.45, 2.75) is 25.9 Å². The molecule has 0 aliphatic carbocycles. The van der Waals surface area contributed by atoms with Gasteiger partial charge in [-0.2, -0.15) is 4.68 Å². The van der Waals surface area contributed by atoms with Crippen molar-refractivity contribution in [2.75, 3.05) is 6.54 Å². The van der Waals surface area contributed by atoms with Crippen LogP contribution >= 0.6 is 0 Å². The average molecular weight is 334 g/mol. The SMILES string of the molecule is CC(C(=O)N1CCc2ccccc2C1)n1nnc2ccccc2c1=O. The number of hydrogen-bond acceptors (Lipinski definition) is 4. The highest BCUT2D eigenvalue weighted by Crippen LogP contribution is 2.20. The number of carbonyl (C=O) groups excluding carboxylic acids is 1. The molecule has 0 radical (unpaired) electrons. The van der Waals surface area contributed by atoms with E-state index in [1.807, 2.05) is 18.2 Å². The summed E-state index contributed by atoms with van der Waals surface area (Å²) in [4.78, 5) is 27.3. The molecule has 0 spiro atoms. The molecule has 0 saturated carbocycles. The van der Waals surface area contributed by atoms with Gasteiger partial charge in [0, 0.05) is 13.1 Å². The molecule has 0 N–H and O–H groups in total. The predicted octanol–water partition coefficient (Wildman–Crippen LogP) is 1.94. The minimum Gasteiger partial charge on any atom is -0.336 e. The van der Waals surface area contributed by atoms with E-state index in [9.17, 15) is 9.59 Å². The number of carbonyl (C=O) groups is 1. The van der Waals surface area contributed by atoms with Gasteiger partial charge in [0.1, 0.15) is 11.6 Å². The minimum absolute atomic E-state index is 0.110. The van der Waals surface area contributed by atoms with Crippen molar-refractivity contribution in [2.24, 2.45) is 0 Å². The summed E-state index contributed by atoms with van der Waals surface area (Å²) in [5.41, 5.74) is 2.69. The first-order chi connectivity index (χ1) is 12.1. The average Bonchev–Trinajstić information content (AvgIpc) is 2.67. The first kappa shape index (κ1) is 15.5. The molecule has 126 valence electrons. The molecule has 1 aromatic heterocycles. The Labute approximate surface area is 144 Å². The van der Waals surface area contributed by atoms with Crippen LogP contribution in [0.5, 0.6) is 0 Å². The maximum absolute atomic E-state index is 12.9. The molecule has 3 aromatic rings. The highest BCUT2D eigenvalue weighted by molar-refractivity contribution is 5.81. The third-order valence-corrected chi connectivity index (χ3v) is 4.76. The maximum atomic E-state index is 12.9. The summed E-state index contributed by atoms with van der Waals surface area (Å²) in [6.07, 6.45) is 0.826. The number of aromatic nitrogens is 3. The topological polar surface area (TPSA) is 68.1 Å². The monoisotopic (exact) mass is 334 g/mol. The lowest BCUT2D eigenvalue weighted by molar-refractivity contribution is -0.135. The molecule has 0 fully saturated rings. The smallest absolute Gasteiger partial charge is 0.278 e. The van der Waals surface area contributed by atoms with Crippen LogP contribution in [-0.2, 0) is 17.8 Å². The van der Waals surface area contributed by atoms with Gasteiger partial charge in [0.25, 0.3) is 5.56 Å². The molecule has 1 aliphatic heterocycles. The zero-order chi connectivity index (χ0) is 17.4. The molecule has 4 rings (SSSR count). The van der Waals surface area contributed by atoms with E-state index in [0.29, 0.717) is 24.0 Å². The zero-order valence-electron chi connectivity index (χ0n) is 13.9. The molecular weight excluding hydrogens is 316 g/mol. The number of benzene rings is 2. The minimum atomic E-state index is -0.685. The summed E-state index contributed by atoms with van der Waals surface area (Å²) < 4.78 is 1.19. The summed E-state index contributed by atoms with van der Waals surface area (Å²) in [5, 5.41) is 8.52. The van der Waals surface area contributed by atoms with E-state index in [1.165, 1.54) is 10.2 Å². The van der Waals surface area contributed by atoms with Gasteiger partial charge in [0.15, 0.2) is 0 Å². The van der Waals surface area contributed by atoms with Crippen LogP contribution in [0.1, 0.15) is 24.1 Å². The summed E-state index contributed by atoms with van der Waals surface area (Å²) in [5.74, 6) is -0.110. The van der Waals surface area contributed by atoms with Crippen molar-refractivity contribution in [1.82, 2.24) is 19.9 Å². The van der Waals surface area contributed by atoms with Crippen molar-refractivity contribution in [3.05, 3.63) is 70.0 Å². The third-order valence-electron chi connectivity index (χ3n) is 4.76. The fourth-order valence-electron chi connectivity index (χ4n) is 3.31. The second-order valence-electron chi connectivity index (χ2n) is 6.31. The molecule has 2 heterocycles. The van der Waals surface area contributed by atoms with Gasteiger partial charge in [0.2, 0.25) is 5.91 Å². The fourth-order valence-corrected chi connectivity index (χ4v) is 3.31. The van der Waals surface area contributed by atoms with E-state index in [4.69, 9.17) is 0 Å². The molecule has 0 saturated heterocycles. The van der Waals surface area contributed by atoms with Crippen LogP contribution in [0.15, 0.2) is 53.3 Å². The quantitative estimate of drug-likeness (QED) is 0.718. The van der Waals surface area contributed by atoms with E-state index < -0.39 is 6.04 Å². The summed E-state index contributed by atoms with van der Waals surface area (Å²) in [6.45, 7) is 2.92. The lowest BCUT2D eigenvalue weighted by atomic mass is 9.99. The van der Waals surface area contributed by atoms with E-state index in [0.717, 1.165) is 12.0 Å². The van der Waals surface area contributed by atoms with Crippen LogP contribution in [0, 0.1) is 0 Å². The van der Waals surface area contributed by atoms with Gasteiger partial charge >= 0.3 is 0 Å². The van der Waals surface area contributed by atoms with E-state index >= 15 is 0 Å². The Balaban J connectivity index is 1.63. The number of nitrogens with zero attached hydrogens (tertiary/aromatic N) is 4. The fraction of sp³-hybridized carbons (Fsp3) is 0.263. The highest BCUT2D eigenvalue weighted by Gasteiger charge is 2.27. The second kappa shape index (κ2) is 6.12. The Hall–Kier alpha value is -3.02. The van der Waals surface area contributed by atoms with Gasteiger partial charge in [0.05, 0.1) is 5.39 Å². The van der Waals surface area contributed by atoms with Crippen LogP contribution in [0.4, 0.5) is 0 Å². The van der Waals surface area contributed by atoms with Gasteiger partial charge in [-0.25, -0.2) is 0 Å². The van der Waals surface area contributed by atoms with E-state index in [1.54, 1.807) is 36.1 Å². The summed E-state index contributed by atoms with van der Waals surface area (Å²) in [6, 6.07) is 14.5. The molecule has 25 heavy (non-hydrogen) atoms. The molecule has 1 aliphatic rings. The van der Waals surface area contributed by atoms with Crippen LogP contribution in [-0.4, -0.2) is 32.3 Å². The standard InChI is InChI=1S/C19H18N4O2/c1-13(23-19(25)16-8-4-5-9-17(16)20-21-23)18(24)22-11-10-14-6-2-3-7-15(14)12-22/h2-9,13H,10-12H2,1H3. The predicted molar refractivity (Wildman–Crippen MR) is 94.1 cm³/mol. The lowest BCUT2D eigenvalue weighted by Gasteiger charge is -2.30. The number of rotatable bonds is 2. The van der Waals surface area contributed by atoms with Crippen LogP contribution < -0.4 is 5.56 Å². The largest absolute Gasteiger partial charge is 0.336 e. The first-order valence-electron chi connectivity index (χ1n) is 8.35. The van der Waals surface area contributed by atoms with Gasteiger partial charge in [-0.15, -0.1) is 5.10 Å². The molecule has 2 aromatic carbocycles. The van der Waals surface area contributed by atoms with Gasteiger partial charge < -0.3 is 4.90 Å². The summed E-state index contributed by atoms with van der Waals surface area (Å²) >= 11 is 0. The molecular formula is C19H18N4O2. The Kier molecular flexibility index (Phi) is 3.80. The normalized spacial score (nSPS) is 15.0. The number of hydrogen-bond donors (Lipinski definition) is 0. The van der Waals surface area contributed by atoms with E-state index in [2.05, 4.69) is 16.4 Å². The number of fused-ring (bicyclic) bond motifs is 2. The van der Waals surface area contributed by atoms with Crippen molar-refractivity contribution in [1.29, 1.82) is 0 Å². The molecule has 0 bridgehead atoms. The Bertz CT molecular complexity index is 1010. The first-order valence-corrected chi connectivity index (χ1v) is 8.35. The van der Waals surface area contributed by atoms with Crippen molar-refractivity contribution < 1.29 is 4.79 Å². The molecule has 1 amide bonds.